The summed E-state index contributed by atoms with van der Waals surface area (Å²) in [6.45, 7) is 0. The number of pyridine rings is 1. The number of nitrogen functional groups attached to an aromatic ring is 1. The molecule has 0 aliphatic heterocycles. The first-order valence-electron chi connectivity index (χ1n) is 4.77. The van der Waals surface area contributed by atoms with Crippen LogP contribution in [0.3, 0.4) is 0 Å². The van der Waals surface area contributed by atoms with Crippen molar-refractivity contribution in [2.24, 2.45) is 7.05 Å². The van der Waals surface area contributed by atoms with E-state index in [1.165, 1.54) is 16.8 Å². The number of nitrogens with one attached hydrogen (secondary N) is 1. The quantitative estimate of drug-likeness (QED) is 0.710. The van der Waals surface area contributed by atoms with E-state index in [0.29, 0.717) is 10.2 Å². The average Bonchev–Trinajstić information content (AvgIpc) is 2.63. The third-order valence-electron chi connectivity index (χ3n) is 2.17. The van der Waals surface area contributed by atoms with Gasteiger partial charge in [-0.1, -0.05) is 0 Å². The summed E-state index contributed by atoms with van der Waals surface area (Å²) < 4.78 is 1.29. The standard InChI is InChI=1S/C9H9N5O3S/c1-14-8(17)12-13-9(14)18-6-2-4(7(15)16)5(10)3-11-6/h2-3H,10H2,1H3,(H,12,17)(H,15,16). The third-order valence-corrected chi connectivity index (χ3v) is 3.15. The van der Waals surface area contributed by atoms with Crippen molar-refractivity contribution in [3.8, 4) is 0 Å². The number of aromatic nitrogens is 4. The van der Waals surface area contributed by atoms with Crippen molar-refractivity contribution in [3.63, 3.8) is 0 Å². The zero-order valence-electron chi connectivity index (χ0n) is 9.25. The summed E-state index contributed by atoms with van der Waals surface area (Å²) in [4.78, 5) is 26.0. The Bertz CT molecular complexity index is 662. The Kier molecular flexibility index (Phi) is 3.06. The Morgan fingerprint density at radius 1 is 1.61 bits per heavy atom. The van der Waals surface area contributed by atoms with Crippen LogP contribution in [0, 0.1) is 0 Å². The van der Waals surface area contributed by atoms with E-state index in [-0.39, 0.29) is 16.9 Å². The van der Waals surface area contributed by atoms with Crippen LogP contribution in [0.15, 0.2) is 27.2 Å². The van der Waals surface area contributed by atoms with E-state index < -0.39 is 5.97 Å². The first-order valence-corrected chi connectivity index (χ1v) is 5.58. The van der Waals surface area contributed by atoms with Crippen LogP contribution >= 0.6 is 11.8 Å². The summed E-state index contributed by atoms with van der Waals surface area (Å²) >= 11 is 1.07. The molecule has 0 unspecified atom stereocenters. The molecule has 0 amide bonds. The summed E-state index contributed by atoms with van der Waals surface area (Å²) in [5, 5.41) is 15.7. The fourth-order valence-corrected chi connectivity index (χ4v) is 1.99. The molecule has 0 atom stereocenters. The fraction of sp³-hybridized carbons (Fsp3) is 0.111. The van der Waals surface area contributed by atoms with E-state index in [2.05, 4.69) is 15.2 Å². The van der Waals surface area contributed by atoms with Crippen molar-refractivity contribution < 1.29 is 9.90 Å². The molecule has 18 heavy (non-hydrogen) atoms. The van der Waals surface area contributed by atoms with Gasteiger partial charge >= 0.3 is 11.7 Å². The molecule has 0 fully saturated rings. The minimum atomic E-state index is -1.13. The van der Waals surface area contributed by atoms with Crippen LogP contribution in [-0.4, -0.2) is 30.8 Å². The predicted octanol–water partition coefficient (Wildman–Crippen LogP) is -0.0650. The number of rotatable bonds is 3. The van der Waals surface area contributed by atoms with Gasteiger partial charge in [-0.05, 0) is 17.8 Å². The van der Waals surface area contributed by atoms with Gasteiger partial charge in [0.2, 0.25) is 0 Å². The van der Waals surface area contributed by atoms with Gasteiger partial charge in [-0.2, -0.15) is 0 Å². The molecule has 0 spiro atoms. The maximum Gasteiger partial charge on any atom is 0.343 e. The van der Waals surface area contributed by atoms with E-state index in [0.717, 1.165) is 11.8 Å². The molecule has 0 saturated carbocycles. The summed E-state index contributed by atoms with van der Waals surface area (Å²) in [7, 11) is 1.55. The van der Waals surface area contributed by atoms with Crippen molar-refractivity contribution in [1.29, 1.82) is 0 Å². The molecule has 2 heterocycles. The Labute approximate surface area is 105 Å². The highest BCUT2D eigenvalue weighted by Gasteiger charge is 2.12. The maximum absolute atomic E-state index is 11.2. The summed E-state index contributed by atoms with van der Waals surface area (Å²) in [5.41, 5.74) is 5.18. The lowest BCUT2D eigenvalue weighted by molar-refractivity contribution is 0.0697. The summed E-state index contributed by atoms with van der Waals surface area (Å²) in [6.07, 6.45) is 1.26. The minimum Gasteiger partial charge on any atom is -0.478 e. The molecule has 0 aliphatic carbocycles. The van der Waals surface area contributed by atoms with Gasteiger partial charge in [0.05, 0.1) is 17.4 Å². The van der Waals surface area contributed by atoms with Crippen molar-refractivity contribution in [1.82, 2.24) is 19.7 Å². The number of hydrogen-bond donors (Lipinski definition) is 3. The first kappa shape index (κ1) is 12.2. The van der Waals surface area contributed by atoms with Crippen molar-refractivity contribution >= 4 is 23.4 Å². The minimum absolute atomic E-state index is 0.0342. The number of carboxylic acids is 1. The number of aromatic amines is 1. The lowest BCUT2D eigenvalue weighted by atomic mass is 10.2. The highest BCUT2D eigenvalue weighted by molar-refractivity contribution is 7.99. The third kappa shape index (κ3) is 2.20. The van der Waals surface area contributed by atoms with Crippen molar-refractivity contribution in [2.75, 3.05) is 5.73 Å². The van der Waals surface area contributed by atoms with Gasteiger partial charge in [-0.15, -0.1) is 5.10 Å². The summed E-state index contributed by atoms with van der Waals surface area (Å²) in [5.74, 6) is -1.13. The van der Waals surface area contributed by atoms with E-state index >= 15 is 0 Å². The molecule has 0 radical (unpaired) electrons. The van der Waals surface area contributed by atoms with Crippen LogP contribution in [-0.2, 0) is 7.05 Å². The van der Waals surface area contributed by atoms with Crippen molar-refractivity contribution in [2.45, 2.75) is 10.2 Å². The van der Waals surface area contributed by atoms with Crippen LogP contribution < -0.4 is 11.4 Å². The number of carbonyl (C=O) groups is 1. The highest BCUT2D eigenvalue weighted by Crippen LogP contribution is 2.25. The molecule has 2 aromatic rings. The Balaban J connectivity index is 2.36. The first-order chi connectivity index (χ1) is 8.49. The normalized spacial score (nSPS) is 10.5. The van der Waals surface area contributed by atoms with Gasteiger partial charge < -0.3 is 10.8 Å². The molecule has 9 heteroatoms. The fourth-order valence-electron chi connectivity index (χ4n) is 1.21. The molecular weight excluding hydrogens is 258 g/mol. The van der Waals surface area contributed by atoms with Gasteiger partial charge in [-0.3, -0.25) is 4.57 Å². The Morgan fingerprint density at radius 3 is 2.89 bits per heavy atom. The number of H-pyrrole nitrogens is 1. The second-order valence-corrected chi connectivity index (χ2v) is 4.37. The van der Waals surface area contributed by atoms with Crippen LogP contribution in [0.1, 0.15) is 10.4 Å². The molecule has 4 N–H and O–H groups in total. The molecule has 94 valence electrons. The van der Waals surface area contributed by atoms with Crippen LogP contribution in [0.25, 0.3) is 0 Å². The largest absolute Gasteiger partial charge is 0.478 e. The summed E-state index contributed by atoms with van der Waals surface area (Å²) in [6, 6.07) is 1.33. The molecule has 0 aromatic carbocycles. The molecule has 0 saturated heterocycles. The molecule has 0 bridgehead atoms. The van der Waals surface area contributed by atoms with E-state index in [4.69, 9.17) is 10.8 Å². The second kappa shape index (κ2) is 4.53. The highest BCUT2D eigenvalue weighted by atomic mass is 32.2. The maximum atomic E-state index is 11.2. The number of nitrogens with two attached hydrogens (primary N) is 1. The zero-order valence-corrected chi connectivity index (χ0v) is 10.1. The van der Waals surface area contributed by atoms with E-state index in [1.54, 1.807) is 7.05 Å². The van der Waals surface area contributed by atoms with Gasteiger partial charge in [0.1, 0.15) is 5.03 Å². The van der Waals surface area contributed by atoms with Crippen molar-refractivity contribution in [3.05, 3.63) is 28.3 Å². The lowest BCUT2D eigenvalue weighted by Crippen LogP contribution is -2.12. The van der Waals surface area contributed by atoms with E-state index in [9.17, 15) is 9.59 Å². The number of nitrogens with zero attached hydrogens (tertiary/aromatic N) is 3. The van der Waals surface area contributed by atoms with Gasteiger partial charge in [-0.25, -0.2) is 19.7 Å². The Hall–Kier alpha value is -2.29. The zero-order chi connectivity index (χ0) is 13.3. The number of aromatic carboxylic acids is 1. The predicted molar refractivity (Wildman–Crippen MR) is 63.6 cm³/mol. The molecule has 2 rings (SSSR count). The van der Waals surface area contributed by atoms with E-state index in [1.807, 2.05) is 0 Å². The molecule has 2 aromatic heterocycles. The lowest BCUT2D eigenvalue weighted by Gasteiger charge is -2.03. The van der Waals surface area contributed by atoms with Gasteiger partial charge in [0.25, 0.3) is 0 Å². The van der Waals surface area contributed by atoms with Crippen LogP contribution in [0.2, 0.25) is 0 Å². The average molecular weight is 267 g/mol. The number of anilines is 1. The SMILES string of the molecule is Cn1c(Sc2cc(C(=O)O)c(N)cn2)n[nH]c1=O. The van der Waals surface area contributed by atoms with Gasteiger partial charge in [0.15, 0.2) is 5.16 Å². The topological polar surface area (TPSA) is 127 Å². The number of hydrogen-bond acceptors (Lipinski definition) is 6. The second-order valence-electron chi connectivity index (χ2n) is 3.39. The number of carboxylic acid groups (broad SMARTS) is 1. The monoisotopic (exact) mass is 267 g/mol. The van der Waals surface area contributed by atoms with Crippen LogP contribution in [0.5, 0.6) is 0 Å². The Morgan fingerprint density at radius 2 is 2.33 bits per heavy atom. The van der Waals surface area contributed by atoms with Gasteiger partial charge in [0, 0.05) is 7.05 Å². The van der Waals surface area contributed by atoms with Crippen LogP contribution in [0.4, 0.5) is 5.69 Å². The smallest absolute Gasteiger partial charge is 0.343 e. The molecule has 0 aliphatic rings. The molecular formula is C9H9N5O3S. The molecule has 8 nitrogen and oxygen atoms in total.